The SMILES string of the molecule is CC(C)(C)C[C@@H]1N[C@@H](C(=O)OC[C@@H](O)CC(N)=O)[C@H](c2cc(F)cc(Cl)c2)[C@@]1(C#N)c1ccc(Cl)cc1F. The Morgan fingerprint density at radius 2 is 1.89 bits per heavy atom. The Bertz CT molecular complexity index is 1240. The number of hydrogen-bond acceptors (Lipinski definition) is 6. The largest absolute Gasteiger partial charge is 0.462 e. The molecular formula is C27H29Cl2F2N3O4. The van der Waals surface area contributed by atoms with Crippen molar-refractivity contribution in [3.63, 3.8) is 0 Å². The average Bonchev–Trinajstić information content (AvgIpc) is 3.09. The summed E-state index contributed by atoms with van der Waals surface area (Å²) >= 11 is 12.2. The van der Waals surface area contributed by atoms with Crippen molar-refractivity contribution in [1.82, 2.24) is 5.32 Å². The Balaban J connectivity index is 2.22. The van der Waals surface area contributed by atoms with Gasteiger partial charge in [0.1, 0.15) is 29.7 Å². The van der Waals surface area contributed by atoms with Crippen LogP contribution in [0, 0.1) is 28.4 Å². The molecule has 1 aliphatic heterocycles. The van der Waals surface area contributed by atoms with Crippen LogP contribution in [0.4, 0.5) is 8.78 Å². The quantitative estimate of drug-likeness (QED) is 0.406. The molecule has 0 radical (unpaired) electrons. The van der Waals surface area contributed by atoms with Crippen LogP contribution in [0.5, 0.6) is 0 Å². The van der Waals surface area contributed by atoms with Gasteiger partial charge in [-0.15, -0.1) is 0 Å². The minimum atomic E-state index is -1.73. The first-order valence-corrected chi connectivity index (χ1v) is 12.7. The fourth-order valence-corrected chi connectivity index (χ4v) is 5.51. The van der Waals surface area contributed by atoms with Crippen LogP contribution in [0.15, 0.2) is 36.4 Å². The molecule has 38 heavy (non-hydrogen) atoms. The number of nitrogens with two attached hydrogens (primary N) is 1. The van der Waals surface area contributed by atoms with Gasteiger partial charge in [0.2, 0.25) is 5.91 Å². The highest BCUT2D eigenvalue weighted by Crippen LogP contribution is 2.52. The molecule has 0 bridgehead atoms. The number of amides is 1. The maximum absolute atomic E-state index is 15.5. The number of ether oxygens (including phenoxy) is 1. The molecule has 1 saturated heterocycles. The van der Waals surface area contributed by atoms with Crippen LogP contribution in [0.3, 0.4) is 0 Å². The van der Waals surface area contributed by atoms with Gasteiger partial charge in [-0.25, -0.2) is 8.78 Å². The summed E-state index contributed by atoms with van der Waals surface area (Å²) in [5, 5.41) is 24.0. The van der Waals surface area contributed by atoms with Crippen molar-refractivity contribution in [1.29, 1.82) is 5.26 Å². The van der Waals surface area contributed by atoms with Crippen molar-refractivity contribution in [2.45, 2.75) is 63.1 Å². The van der Waals surface area contributed by atoms with Gasteiger partial charge in [-0.2, -0.15) is 5.26 Å². The number of nitrogens with one attached hydrogen (secondary N) is 1. The second kappa shape index (κ2) is 11.5. The number of aliphatic hydroxyl groups is 1. The Labute approximate surface area is 229 Å². The van der Waals surface area contributed by atoms with Gasteiger partial charge >= 0.3 is 5.97 Å². The molecule has 7 nitrogen and oxygen atoms in total. The highest BCUT2D eigenvalue weighted by Gasteiger charge is 2.61. The monoisotopic (exact) mass is 567 g/mol. The smallest absolute Gasteiger partial charge is 0.323 e. The Morgan fingerprint density at radius 1 is 1.21 bits per heavy atom. The molecule has 0 unspecified atom stereocenters. The predicted molar refractivity (Wildman–Crippen MR) is 138 cm³/mol. The number of nitriles is 1. The molecule has 11 heteroatoms. The van der Waals surface area contributed by atoms with E-state index in [9.17, 15) is 24.3 Å². The van der Waals surface area contributed by atoms with E-state index < -0.39 is 66.1 Å². The number of benzene rings is 2. The van der Waals surface area contributed by atoms with E-state index in [1.165, 1.54) is 18.2 Å². The lowest BCUT2D eigenvalue weighted by Gasteiger charge is -2.37. The number of carbonyl (C=O) groups excluding carboxylic acids is 2. The molecule has 0 spiro atoms. The van der Waals surface area contributed by atoms with Gasteiger partial charge < -0.3 is 15.6 Å². The number of aliphatic hydroxyl groups excluding tert-OH is 1. The molecule has 1 heterocycles. The summed E-state index contributed by atoms with van der Waals surface area (Å²) in [4.78, 5) is 24.5. The summed E-state index contributed by atoms with van der Waals surface area (Å²) in [7, 11) is 0. The van der Waals surface area contributed by atoms with Crippen LogP contribution in [0.1, 0.15) is 50.7 Å². The Kier molecular flexibility index (Phi) is 9.04. The first-order valence-electron chi connectivity index (χ1n) is 11.9. The highest BCUT2D eigenvalue weighted by atomic mass is 35.5. The number of nitrogens with zero attached hydrogens (tertiary/aromatic N) is 1. The molecule has 2 aromatic carbocycles. The first kappa shape index (κ1) is 29.8. The van der Waals surface area contributed by atoms with Crippen LogP contribution >= 0.6 is 23.2 Å². The number of hydrogen-bond donors (Lipinski definition) is 3. The second-order valence-electron chi connectivity index (χ2n) is 10.7. The normalized spacial score (nSPS) is 24.0. The molecule has 0 aliphatic carbocycles. The van der Waals surface area contributed by atoms with Crippen LogP contribution in [0.25, 0.3) is 0 Å². The molecule has 1 aliphatic rings. The third-order valence-electron chi connectivity index (χ3n) is 6.49. The van der Waals surface area contributed by atoms with E-state index in [-0.39, 0.29) is 26.6 Å². The zero-order valence-electron chi connectivity index (χ0n) is 21.1. The fraction of sp³-hybridized carbons (Fsp3) is 0.444. The molecular weight excluding hydrogens is 539 g/mol. The van der Waals surface area contributed by atoms with Crippen molar-refractivity contribution in [2.75, 3.05) is 6.61 Å². The first-order chi connectivity index (χ1) is 17.7. The van der Waals surface area contributed by atoms with E-state index in [0.29, 0.717) is 6.42 Å². The molecule has 5 atom stereocenters. The third-order valence-corrected chi connectivity index (χ3v) is 6.94. The average molecular weight is 568 g/mol. The molecule has 2 aromatic rings. The van der Waals surface area contributed by atoms with Gasteiger partial charge in [-0.05, 0) is 47.7 Å². The zero-order chi connectivity index (χ0) is 28.4. The molecule has 0 saturated carbocycles. The van der Waals surface area contributed by atoms with E-state index in [1.54, 1.807) is 0 Å². The molecule has 204 valence electrons. The van der Waals surface area contributed by atoms with E-state index >= 15 is 4.39 Å². The van der Waals surface area contributed by atoms with E-state index in [4.69, 9.17) is 33.7 Å². The van der Waals surface area contributed by atoms with Gasteiger partial charge in [-0.3, -0.25) is 14.9 Å². The van der Waals surface area contributed by atoms with Gasteiger partial charge in [0.25, 0.3) is 0 Å². The number of esters is 1. The highest BCUT2D eigenvalue weighted by molar-refractivity contribution is 6.30. The number of halogens is 4. The van der Waals surface area contributed by atoms with Crippen molar-refractivity contribution >= 4 is 35.1 Å². The molecule has 3 rings (SSSR count). The maximum Gasteiger partial charge on any atom is 0.323 e. The molecule has 0 aromatic heterocycles. The zero-order valence-corrected chi connectivity index (χ0v) is 22.6. The van der Waals surface area contributed by atoms with Crippen molar-refractivity contribution in [2.24, 2.45) is 11.1 Å². The van der Waals surface area contributed by atoms with Gasteiger partial charge in [0, 0.05) is 27.6 Å². The Hall–Kier alpha value is -2.77. The van der Waals surface area contributed by atoms with Crippen molar-refractivity contribution < 1.29 is 28.2 Å². The van der Waals surface area contributed by atoms with Crippen LogP contribution < -0.4 is 11.1 Å². The summed E-state index contributed by atoms with van der Waals surface area (Å²) in [6.07, 6.45) is -1.46. The molecule has 4 N–H and O–H groups in total. The lowest BCUT2D eigenvalue weighted by atomic mass is 9.63. The number of carbonyl (C=O) groups is 2. The van der Waals surface area contributed by atoms with Crippen LogP contribution in [-0.2, 0) is 19.7 Å². The maximum atomic E-state index is 15.5. The lowest BCUT2D eigenvalue weighted by Crippen LogP contribution is -2.44. The standard InChI is InChI=1S/C27H29Cl2F2N3O4/c1-26(2,3)11-21-27(13-32,19-5-4-15(28)9-20(19)31)23(14-6-16(29)8-17(30)7-14)24(34-21)25(37)38-12-18(35)10-22(33)36/h4-9,18,21,23-24,34-35H,10-12H2,1-3H3,(H2,33,36)/t18-,21-,23-,24+,27-/m0/s1. The van der Waals surface area contributed by atoms with E-state index in [0.717, 1.165) is 18.2 Å². The van der Waals surface area contributed by atoms with E-state index in [1.807, 2.05) is 20.8 Å². The molecule has 1 amide bonds. The summed E-state index contributed by atoms with van der Waals surface area (Å²) in [5.74, 6) is -4.31. The summed E-state index contributed by atoms with van der Waals surface area (Å²) < 4.78 is 35.4. The van der Waals surface area contributed by atoms with Crippen LogP contribution in [-0.4, -0.2) is 41.8 Å². The van der Waals surface area contributed by atoms with Crippen LogP contribution in [0.2, 0.25) is 10.0 Å². The summed E-state index contributed by atoms with van der Waals surface area (Å²) in [6.45, 7) is 5.23. The van der Waals surface area contributed by atoms with Gasteiger partial charge in [0.05, 0.1) is 18.6 Å². The van der Waals surface area contributed by atoms with Gasteiger partial charge in [0.15, 0.2) is 0 Å². The summed E-state index contributed by atoms with van der Waals surface area (Å²) in [5.41, 5.74) is 3.12. The van der Waals surface area contributed by atoms with Crippen molar-refractivity contribution in [3.05, 3.63) is 69.2 Å². The topological polar surface area (TPSA) is 125 Å². The molecule has 1 fully saturated rings. The minimum Gasteiger partial charge on any atom is -0.462 e. The Morgan fingerprint density at radius 3 is 2.45 bits per heavy atom. The fourth-order valence-electron chi connectivity index (χ4n) is 5.12. The predicted octanol–water partition coefficient (Wildman–Crippen LogP) is 4.37. The number of rotatable bonds is 8. The minimum absolute atomic E-state index is 0.0201. The lowest BCUT2D eigenvalue weighted by molar-refractivity contribution is -0.150. The number of primary amides is 1. The van der Waals surface area contributed by atoms with Gasteiger partial charge in [-0.1, -0.05) is 50.0 Å². The third kappa shape index (κ3) is 6.44. The van der Waals surface area contributed by atoms with E-state index in [2.05, 4.69) is 11.4 Å². The summed E-state index contributed by atoms with van der Waals surface area (Å²) in [6, 6.07) is 7.72. The second-order valence-corrected chi connectivity index (χ2v) is 11.6. The van der Waals surface area contributed by atoms with Crippen molar-refractivity contribution in [3.8, 4) is 6.07 Å².